The van der Waals surface area contributed by atoms with Crippen molar-refractivity contribution in [2.45, 2.75) is 13.1 Å². The summed E-state index contributed by atoms with van der Waals surface area (Å²) in [5, 5.41) is 33.6. The van der Waals surface area contributed by atoms with Crippen LogP contribution in [0.5, 0.6) is 0 Å². The first-order valence-corrected chi connectivity index (χ1v) is 22.3. The molecule has 11 aromatic rings. The van der Waals surface area contributed by atoms with Crippen molar-refractivity contribution in [3.63, 3.8) is 0 Å². The highest BCUT2D eigenvalue weighted by Crippen LogP contribution is 2.46. The molecule has 7 nitrogen and oxygen atoms in total. The second kappa shape index (κ2) is 16.9. The summed E-state index contributed by atoms with van der Waals surface area (Å²) in [6.45, 7) is 17.0. The number of alkyl halides is 3. The Kier molecular flexibility index (Phi) is 10.3. The number of nitriles is 3. The summed E-state index contributed by atoms with van der Waals surface area (Å²) in [6, 6.07) is 59.6. The highest BCUT2D eigenvalue weighted by Gasteiger charge is 2.34. The number of hydrogen-bond donors (Lipinski definition) is 0. The smallest absolute Gasteiger partial charge is 0.309 e. The van der Waals surface area contributed by atoms with E-state index in [-0.39, 0.29) is 5.56 Å². The first-order chi connectivity index (χ1) is 34.5. The third kappa shape index (κ3) is 7.36. The number of fused-ring (bicyclic) bond motifs is 6. The molecular weight excluding hydrogens is 888 g/mol. The van der Waals surface area contributed by atoms with Crippen molar-refractivity contribution in [2.24, 2.45) is 0 Å². The van der Waals surface area contributed by atoms with Crippen LogP contribution in [0, 0.1) is 54.1 Å². The normalized spacial score (nSPS) is 11.3. The molecule has 0 N–H and O–H groups in total. The quantitative estimate of drug-likeness (QED) is 0.156. The van der Waals surface area contributed by atoms with Gasteiger partial charge in [0.2, 0.25) is 0 Å². The number of aromatic nitrogens is 2. The standard InChI is InChI=1S/C61H32F3N7/c1-36-12-17-47(54(22-36)61(62,63)64)42-16-21-58(70-55-10-6-4-8-48(55)51-30-40(14-19-57(51)70)43-23-38(34-66)25-45(28-43)68-2)53(32-42)50-18-13-37(33-65)27-60(50)71-56-11-7-5-9-49(56)52-31-41(15-20-59(52)71)44-24-39(35-67)26-46(29-44)69-3/h4-32H,1H3. The van der Waals surface area contributed by atoms with Gasteiger partial charge in [0, 0.05) is 43.8 Å². The zero-order valence-electron chi connectivity index (χ0n) is 37.5. The third-order valence-electron chi connectivity index (χ3n) is 13.1. The van der Waals surface area contributed by atoms with E-state index in [9.17, 15) is 29.0 Å². The molecule has 0 saturated carbocycles. The maximum atomic E-state index is 15.0. The van der Waals surface area contributed by atoms with Crippen LogP contribution in [0.1, 0.15) is 27.8 Å². The van der Waals surface area contributed by atoms with Crippen LogP contribution in [-0.4, -0.2) is 9.13 Å². The number of hydrogen-bond acceptors (Lipinski definition) is 3. The number of nitrogens with zero attached hydrogens (tertiary/aromatic N) is 7. The van der Waals surface area contributed by atoms with E-state index in [1.54, 1.807) is 67.6 Å². The van der Waals surface area contributed by atoms with Gasteiger partial charge in [0.25, 0.3) is 0 Å². The lowest BCUT2D eigenvalue weighted by molar-refractivity contribution is -0.137. The molecule has 332 valence electrons. The summed E-state index contributed by atoms with van der Waals surface area (Å²) < 4.78 is 49.1. The zero-order chi connectivity index (χ0) is 49.1. The molecule has 0 saturated heterocycles. The Labute approximate surface area is 405 Å². The fourth-order valence-corrected chi connectivity index (χ4v) is 9.91. The van der Waals surface area contributed by atoms with Crippen molar-refractivity contribution in [3.05, 3.63) is 227 Å². The molecule has 0 radical (unpaired) electrons. The number of rotatable bonds is 6. The first-order valence-electron chi connectivity index (χ1n) is 22.3. The van der Waals surface area contributed by atoms with E-state index in [0.717, 1.165) is 54.7 Å². The molecule has 0 aliphatic carbocycles. The number of para-hydroxylation sites is 2. The number of aryl methyl sites for hydroxylation is 1. The largest absolute Gasteiger partial charge is 0.417 e. The highest BCUT2D eigenvalue weighted by atomic mass is 19.4. The average molecular weight is 920 g/mol. The number of benzene rings is 9. The predicted molar refractivity (Wildman–Crippen MR) is 273 cm³/mol. The summed E-state index contributed by atoms with van der Waals surface area (Å²) in [4.78, 5) is 7.21. The minimum atomic E-state index is -4.65. The van der Waals surface area contributed by atoms with E-state index in [1.165, 1.54) is 12.1 Å². The highest BCUT2D eigenvalue weighted by molar-refractivity contribution is 6.13. The van der Waals surface area contributed by atoms with E-state index in [4.69, 9.17) is 13.1 Å². The van der Waals surface area contributed by atoms with Crippen molar-refractivity contribution in [2.75, 3.05) is 0 Å². The molecule has 0 unspecified atom stereocenters. The van der Waals surface area contributed by atoms with E-state index >= 15 is 0 Å². The van der Waals surface area contributed by atoms with Crippen molar-refractivity contribution in [1.82, 2.24) is 9.13 Å². The molecule has 71 heavy (non-hydrogen) atoms. The SMILES string of the molecule is [C-]#[N+]c1cc(C#N)cc(-c2ccc3c(c2)c2ccccc2n3-c2ccc(-c3ccc(C)cc3C(F)(F)F)cc2-c2ccc(C#N)cc2-n2c3ccccc3c3cc(-c4cc(C#N)cc([N+]#[C-])c4)ccc32)c1. The lowest BCUT2D eigenvalue weighted by atomic mass is 9.92. The third-order valence-corrected chi connectivity index (χ3v) is 13.1. The van der Waals surface area contributed by atoms with Crippen molar-refractivity contribution >= 4 is 55.0 Å². The van der Waals surface area contributed by atoms with Gasteiger partial charge in [0.05, 0.1) is 75.9 Å². The van der Waals surface area contributed by atoms with Crippen LogP contribution in [0.15, 0.2) is 176 Å². The lowest BCUT2D eigenvalue weighted by Crippen LogP contribution is -2.08. The van der Waals surface area contributed by atoms with Gasteiger partial charge >= 0.3 is 6.18 Å². The van der Waals surface area contributed by atoms with Gasteiger partial charge < -0.3 is 9.13 Å². The van der Waals surface area contributed by atoms with Crippen LogP contribution in [0.2, 0.25) is 0 Å². The molecule has 9 aromatic carbocycles. The topological polar surface area (TPSA) is 90.0 Å². The molecule has 0 aliphatic rings. The Morgan fingerprint density at radius 1 is 0.423 bits per heavy atom. The maximum absolute atomic E-state index is 15.0. The second-order valence-corrected chi connectivity index (χ2v) is 17.3. The molecule has 0 amide bonds. The van der Waals surface area contributed by atoms with Crippen molar-refractivity contribution in [1.29, 1.82) is 15.8 Å². The van der Waals surface area contributed by atoms with Gasteiger partial charge in [0.15, 0.2) is 11.4 Å². The van der Waals surface area contributed by atoms with Gasteiger partial charge in [-0.15, -0.1) is 0 Å². The Morgan fingerprint density at radius 3 is 1.46 bits per heavy atom. The Balaban J connectivity index is 1.21. The zero-order valence-corrected chi connectivity index (χ0v) is 37.5. The van der Waals surface area contributed by atoms with Crippen LogP contribution in [0.25, 0.3) is 109 Å². The first kappa shape index (κ1) is 43.4. The van der Waals surface area contributed by atoms with Crippen LogP contribution in [-0.2, 0) is 6.18 Å². The van der Waals surface area contributed by atoms with Gasteiger partial charge in [-0.2, -0.15) is 29.0 Å². The Hall–Kier alpha value is -10.2. The van der Waals surface area contributed by atoms with Crippen LogP contribution < -0.4 is 0 Å². The fraction of sp³-hybridized carbons (Fsp3) is 0.0328. The van der Waals surface area contributed by atoms with Crippen molar-refractivity contribution < 1.29 is 13.2 Å². The van der Waals surface area contributed by atoms with Crippen LogP contribution in [0.4, 0.5) is 24.5 Å². The van der Waals surface area contributed by atoms with Crippen molar-refractivity contribution in [3.8, 4) is 74.1 Å². The summed E-state index contributed by atoms with van der Waals surface area (Å²) in [7, 11) is 0. The molecule has 0 fully saturated rings. The van der Waals surface area contributed by atoms with Gasteiger partial charge in [0.1, 0.15) is 0 Å². The fourth-order valence-electron chi connectivity index (χ4n) is 9.91. The van der Waals surface area contributed by atoms with Gasteiger partial charge in [-0.25, -0.2) is 9.69 Å². The number of halogens is 3. The predicted octanol–water partition coefficient (Wildman–Crippen LogP) is 16.6. The molecular formula is C61H32F3N7. The summed E-state index contributed by atoms with van der Waals surface area (Å²) in [6.07, 6.45) is -4.65. The van der Waals surface area contributed by atoms with Gasteiger partial charge in [-0.1, -0.05) is 78.4 Å². The molecule has 0 atom stereocenters. The molecule has 0 bridgehead atoms. The Morgan fingerprint density at radius 2 is 0.930 bits per heavy atom. The summed E-state index contributed by atoms with van der Waals surface area (Å²) in [5.41, 5.74) is 10.6. The monoisotopic (exact) mass is 919 g/mol. The molecule has 11 rings (SSSR count). The second-order valence-electron chi connectivity index (χ2n) is 17.3. The van der Waals surface area contributed by atoms with Gasteiger partial charge in [-0.3, -0.25) is 0 Å². The maximum Gasteiger partial charge on any atom is 0.417 e. The van der Waals surface area contributed by atoms with Crippen LogP contribution >= 0.6 is 0 Å². The summed E-state index contributed by atoms with van der Waals surface area (Å²) >= 11 is 0. The summed E-state index contributed by atoms with van der Waals surface area (Å²) in [5.74, 6) is 0. The lowest BCUT2D eigenvalue weighted by Gasteiger charge is -2.21. The van der Waals surface area contributed by atoms with Crippen LogP contribution in [0.3, 0.4) is 0 Å². The van der Waals surface area contributed by atoms with E-state index in [2.05, 4.69) is 37.0 Å². The Bertz CT molecular complexity index is 4240. The van der Waals surface area contributed by atoms with E-state index in [0.29, 0.717) is 72.8 Å². The molecule has 0 spiro atoms. The minimum Gasteiger partial charge on any atom is -0.309 e. The molecule has 0 aliphatic heterocycles. The average Bonchev–Trinajstić information content (AvgIpc) is 3.92. The van der Waals surface area contributed by atoms with E-state index < -0.39 is 11.7 Å². The molecule has 2 heterocycles. The van der Waals surface area contributed by atoms with E-state index in [1.807, 2.05) is 103 Å². The van der Waals surface area contributed by atoms with Gasteiger partial charge in [-0.05, 0) is 143 Å². The minimum absolute atomic E-state index is 0.0163. The molecule has 2 aromatic heterocycles. The molecule has 10 heteroatoms.